The van der Waals surface area contributed by atoms with Crippen LogP contribution in [0, 0.1) is 13.8 Å². The van der Waals surface area contributed by atoms with Crippen molar-refractivity contribution in [2.24, 2.45) is 0 Å². The monoisotopic (exact) mass is 474 g/mol. The van der Waals surface area contributed by atoms with E-state index >= 15 is 0 Å². The molecule has 7 nitrogen and oxygen atoms in total. The second-order valence-corrected chi connectivity index (χ2v) is 9.49. The van der Waals surface area contributed by atoms with E-state index in [9.17, 15) is 4.79 Å². The number of hydrogen-bond donors (Lipinski definition) is 1. The molecule has 0 radical (unpaired) electrons. The number of ether oxygens (including phenoxy) is 1. The topological polar surface area (TPSA) is 80.5 Å². The lowest BCUT2D eigenvalue weighted by Crippen LogP contribution is -2.29. The van der Waals surface area contributed by atoms with Gasteiger partial charge in [-0.1, -0.05) is 41.6 Å². The number of nitrogens with one attached hydrogen (secondary N) is 1. The fourth-order valence-electron chi connectivity index (χ4n) is 4.04. The number of aryl methyl sites for hydroxylation is 2. The van der Waals surface area contributed by atoms with Crippen molar-refractivity contribution in [2.75, 3.05) is 11.9 Å². The molecule has 8 heteroatoms. The van der Waals surface area contributed by atoms with Crippen molar-refractivity contribution in [1.82, 2.24) is 15.0 Å². The van der Waals surface area contributed by atoms with Crippen molar-refractivity contribution in [2.45, 2.75) is 40.0 Å². The number of rotatable bonds is 7. The van der Waals surface area contributed by atoms with Gasteiger partial charge in [0.1, 0.15) is 18.1 Å². The SMILES string of the molecule is Cc1noc(C)c1COc1cccc(C(=O)Nc2nc3c(s2)CN(Cc2ccccc2)CC3)c1. The summed E-state index contributed by atoms with van der Waals surface area (Å²) in [5.41, 5.74) is 4.64. The van der Waals surface area contributed by atoms with Crippen molar-refractivity contribution in [3.63, 3.8) is 0 Å². The first kappa shape index (κ1) is 22.3. The van der Waals surface area contributed by atoms with E-state index in [1.54, 1.807) is 23.5 Å². The minimum atomic E-state index is -0.199. The lowest BCUT2D eigenvalue weighted by atomic mass is 10.1. The van der Waals surface area contributed by atoms with E-state index < -0.39 is 0 Å². The van der Waals surface area contributed by atoms with E-state index in [1.165, 1.54) is 10.4 Å². The van der Waals surface area contributed by atoms with Crippen molar-refractivity contribution in [3.05, 3.63) is 93.3 Å². The number of hydrogen-bond acceptors (Lipinski definition) is 7. The summed E-state index contributed by atoms with van der Waals surface area (Å²) in [7, 11) is 0. The molecule has 0 saturated heterocycles. The highest BCUT2D eigenvalue weighted by atomic mass is 32.1. The summed E-state index contributed by atoms with van der Waals surface area (Å²) in [5, 5.41) is 7.55. The van der Waals surface area contributed by atoms with Gasteiger partial charge in [-0.2, -0.15) is 0 Å². The highest BCUT2D eigenvalue weighted by Gasteiger charge is 2.22. The molecule has 0 aliphatic carbocycles. The van der Waals surface area contributed by atoms with Crippen LogP contribution < -0.4 is 10.1 Å². The average molecular weight is 475 g/mol. The van der Waals surface area contributed by atoms with Gasteiger partial charge in [-0.25, -0.2) is 4.98 Å². The highest BCUT2D eigenvalue weighted by Crippen LogP contribution is 2.29. The number of anilines is 1. The maximum absolute atomic E-state index is 12.9. The van der Waals surface area contributed by atoms with Gasteiger partial charge in [0.2, 0.25) is 0 Å². The first-order valence-corrected chi connectivity index (χ1v) is 12.1. The molecule has 0 fully saturated rings. The molecule has 5 rings (SSSR count). The Labute approximate surface area is 202 Å². The van der Waals surface area contributed by atoms with Crippen LogP contribution in [0.2, 0.25) is 0 Å². The summed E-state index contributed by atoms with van der Waals surface area (Å²) in [5.74, 6) is 1.15. The van der Waals surface area contributed by atoms with Gasteiger partial charge >= 0.3 is 0 Å². The Kier molecular flexibility index (Phi) is 6.42. The highest BCUT2D eigenvalue weighted by molar-refractivity contribution is 7.15. The summed E-state index contributed by atoms with van der Waals surface area (Å²) in [6.07, 6.45) is 0.888. The van der Waals surface area contributed by atoms with Crippen molar-refractivity contribution < 1.29 is 14.1 Å². The maximum Gasteiger partial charge on any atom is 0.257 e. The molecule has 3 heterocycles. The second kappa shape index (κ2) is 9.79. The summed E-state index contributed by atoms with van der Waals surface area (Å²) in [6, 6.07) is 17.6. The Morgan fingerprint density at radius 2 is 2.03 bits per heavy atom. The number of amides is 1. The molecule has 0 saturated carbocycles. The number of carbonyl (C=O) groups excluding carboxylic acids is 1. The van der Waals surface area contributed by atoms with E-state index in [1.807, 2.05) is 32.0 Å². The Bertz CT molecular complexity index is 1280. The number of aromatic nitrogens is 2. The fraction of sp³-hybridized carbons (Fsp3) is 0.269. The van der Waals surface area contributed by atoms with Gasteiger partial charge in [-0.15, -0.1) is 11.3 Å². The normalized spacial score (nSPS) is 13.5. The molecule has 1 amide bonds. The number of nitrogens with zero attached hydrogens (tertiary/aromatic N) is 3. The van der Waals surface area contributed by atoms with Crippen LogP contribution in [-0.2, 0) is 26.1 Å². The first-order valence-electron chi connectivity index (χ1n) is 11.3. The zero-order chi connectivity index (χ0) is 23.5. The molecule has 2 aromatic carbocycles. The van der Waals surface area contributed by atoms with Crippen LogP contribution in [0.15, 0.2) is 59.1 Å². The summed E-state index contributed by atoms with van der Waals surface area (Å²) in [6.45, 7) is 6.81. The number of thiazole rings is 1. The van der Waals surface area contributed by atoms with E-state index in [0.29, 0.717) is 23.1 Å². The second-order valence-electron chi connectivity index (χ2n) is 8.41. The van der Waals surface area contributed by atoms with Crippen LogP contribution in [-0.4, -0.2) is 27.5 Å². The smallest absolute Gasteiger partial charge is 0.257 e. The quantitative estimate of drug-likeness (QED) is 0.400. The van der Waals surface area contributed by atoms with Crippen LogP contribution in [0.3, 0.4) is 0 Å². The molecule has 2 aromatic heterocycles. The molecule has 0 bridgehead atoms. The van der Waals surface area contributed by atoms with Gasteiger partial charge in [-0.3, -0.25) is 15.0 Å². The molecule has 0 unspecified atom stereocenters. The third-order valence-electron chi connectivity index (χ3n) is 5.94. The molecular weight excluding hydrogens is 448 g/mol. The van der Waals surface area contributed by atoms with Crippen LogP contribution in [0.25, 0.3) is 0 Å². The maximum atomic E-state index is 12.9. The molecule has 0 atom stereocenters. The predicted molar refractivity (Wildman–Crippen MR) is 131 cm³/mol. The molecule has 1 N–H and O–H groups in total. The third-order valence-corrected chi connectivity index (χ3v) is 6.94. The molecule has 34 heavy (non-hydrogen) atoms. The minimum Gasteiger partial charge on any atom is -0.489 e. The van der Waals surface area contributed by atoms with Crippen LogP contribution in [0.4, 0.5) is 5.13 Å². The van der Waals surface area contributed by atoms with Crippen molar-refractivity contribution in [1.29, 1.82) is 0 Å². The third kappa shape index (κ3) is 5.03. The Hall–Kier alpha value is -3.49. The molecule has 4 aromatic rings. The number of carbonyl (C=O) groups is 1. The average Bonchev–Trinajstić information content (AvgIpc) is 3.39. The van der Waals surface area contributed by atoms with E-state index in [0.717, 1.165) is 48.8 Å². The van der Waals surface area contributed by atoms with Gasteiger partial charge in [0.25, 0.3) is 5.91 Å². The van der Waals surface area contributed by atoms with Gasteiger partial charge in [0, 0.05) is 36.5 Å². The number of benzene rings is 2. The molecule has 1 aliphatic heterocycles. The lowest BCUT2D eigenvalue weighted by Gasteiger charge is -2.25. The van der Waals surface area contributed by atoms with E-state index in [2.05, 4.69) is 44.6 Å². The van der Waals surface area contributed by atoms with Crippen LogP contribution in [0.5, 0.6) is 5.75 Å². The van der Waals surface area contributed by atoms with E-state index in [4.69, 9.17) is 9.26 Å². The largest absolute Gasteiger partial charge is 0.489 e. The minimum absolute atomic E-state index is 0.199. The lowest BCUT2D eigenvalue weighted by molar-refractivity contribution is 0.102. The van der Waals surface area contributed by atoms with E-state index in [-0.39, 0.29) is 5.91 Å². The van der Waals surface area contributed by atoms with Gasteiger partial charge in [0.15, 0.2) is 5.13 Å². The summed E-state index contributed by atoms with van der Waals surface area (Å²) < 4.78 is 11.1. The van der Waals surface area contributed by atoms with Crippen LogP contribution >= 0.6 is 11.3 Å². The first-order chi connectivity index (χ1) is 16.5. The summed E-state index contributed by atoms with van der Waals surface area (Å²) >= 11 is 1.56. The van der Waals surface area contributed by atoms with Crippen molar-refractivity contribution in [3.8, 4) is 5.75 Å². The zero-order valence-corrected chi connectivity index (χ0v) is 20.0. The molecular formula is C26H26N4O3S. The van der Waals surface area contributed by atoms with Crippen molar-refractivity contribution >= 4 is 22.4 Å². The predicted octanol–water partition coefficient (Wildman–Crippen LogP) is 5.14. The van der Waals surface area contributed by atoms with Gasteiger partial charge in [-0.05, 0) is 37.6 Å². The van der Waals surface area contributed by atoms with Gasteiger partial charge in [0.05, 0.1) is 17.0 Å². The fourth-order valence-corrected chi connectivity index (χ4v) is 5.08. The Balaban J connectivity index is 1.21. The standard InChI is InChI=1S/C26H26N4O3S/c1-17-22(18(2)33-29-17)16-32-21-10-6-9-20(13-21)25(31)28-26-27-23-11-12-30(15-24(23)34-26)14-19-7-4-3-5-8-19/h3-10,13H,11-12,14-16H2,1-2H3,(H,27,28,31). The Morgan fingerprint density at radius 3 is 2.82 bits per heavy atom. The van der Waals surface area contributed by atoms with Gasteiger partial charge < -0.3 is 9.26 Å². The zero-order valence-electron chi connectivity index (χ0n) is 19.2. The number of fused-ring (bicyclic) bond motifs is 1. The van der Waals surface area contributed by atoms with Crippen LogP contribution in [0.1, 0.15) is 43.5 Å². The molecule has 1 aliphatic rings. The Morgan fingerprint density at radius 1 is 1.18 bits per heavy atom. The molecule has 0 spiro atoms. The summed E-state index contributed by atoms with van der Waals surface area (Å²) in [4.78, 5) is 21.2. The molecule has 174 valence electrons.